The van der Waals surface area contributed by atoms with Crippen LogP contribution in [0.2, 0.25) is 0 Å². The molecule has 0 saturated carbocycles. The maximum absolute atomic E-state index is 10.4. The molecule has 0 fully saturated rings. The molecule has 4 heteroatoms. The van der Waals surface area contributed by atoms with E-state index in [0.717, 1.165) is 0 Å². The summed E-state index contributed by atoms with van der Waals surface area (Å²) in [5.74, 6) is 0. The summed E-state index contributed by atoms with van der Waals surface area (Å²) in [5.41, 5.74) is 0.825. The molecule has 1 aromatic rings. The average molecular weight is 181 g/mol. The number of nitrogens with one attached hydrogen (secondary N) is 1. The van der Waals surface area contributed by atoms with Gasteiger partial charge in [-0.1, -0.05) is 12.1 Å². The fourth-order valence-electron chi connectivity index (χ4n) is 0.795. The van der Waals surface area contributed by atoms with Crippen molar-refractivity contribution in [2.24, 2.45) is 0 Å². The minimum absolute atomic E-state index is 0.395. The summed E-state index contributed by atoms with van der Waals surface area (Å²) in [4.78, 5) is 10.4. The Morgan fingerprint density at radius 1 is 1.50 bits per heavy atom. The number of nitrogens with zero attached hydrogens (tertiary/aromatic N) is 1. The molecular weight excluding hydrogens is 176 g/mol. The van der Waals surface area contributed by atoms with Crippen molar-refractivity contribution in [2.75, 3.05) is 5.32 Å². The standard InChI is InChI=1S/C8H5ClN2O/c9-8(12)11-7-4-2-1-3-6(7)5-10/h1-4H,(H,11,12). The normalized spacial score (nSPS) is 8.67. The van der Waals surface area contributed by atoms with Gasteiger partial charge in [0.15, 0.2) is 0 Å². The van der Waals surface area contributed by atoms with Crippen molar-refractivity contribution in [3.8, 4) is 6.07 Å². The highest BCUT2D eigenvalue weighted by Gasteiger charge is 2.01. The minimum atomic E-state index is -0.697. The number of para-hydroxylation sites is 1. The number of nitriles is 1. The molecule has 1 N–H and O–H groups in total. The first kappa shape index (κ1) is 8.57. The van der Waals surface area contributed by atoms with Crippen LogP contribution >= 0.6 is 11.6 Å². The summed E-state index contributed by atoms with van der Waals surface area (Å²) in [6.07, 6.45) is 0. The van der Waals surface area contributed by atoms with E-state index in [4.69, 9.17) is 16.9 Å². The Morgan fingerprint density at radius 3 is 2.75 bits per heavy atom. The zero-order valence-corrected chi connectivity index (χ0v) is 6.80. The third-order valence-corrected chi connectivity index (χ3v) is 1.37. The number of benzene rings is 1. The van der Waals surface area contributed by atoms with Crippen LogP contribution in [0.15, 0.2) is 24.3 Å². The predicted octanol–water partition coefficient (Wildman–Crippen LogP) is 2.33. The molecule has 0 bridgehead atoms. The maximum atomic E-state index is 10.4. The van der Waals surface area contributed by atoms with Crippen molar-refractivity contribution >= 4 is 22.7 Å². The lowest BCUT2D eigenvalue weighted by Crippen LogP contribution is -2.02. The van der Waals surface area contributed by atoms with Gasteiger partial charge in [0.2, 0.25) is 0 Å². The predicted molar refractivity (Wildman–Crippen MR) is 46.0 cm³/mol. The zero-order chi connectivity index (χ0) is 8.97. The van der Waals surface area contributed by atoms with E-state index in [2.05, 4.69) is 5.32 Å². The lowest BCUT2D eigenvalue weighted by molar-refractivity contribution is 0.269. The number of amides is 1. The monoisotopic (exact) mass is 180 g/mol. The van der Waals surface area contributed by atoms with Gasteiger partial charge in [0.25, 0.3) is 0 Å². The SMILES string of the molecule is N#Cc1ccccc1NC(=O)Cl. The number of rotatable bonds is 1. The number of hydrogen-bond acceptors (Lipinski definition) is 2. The number of halogens is 1. The van der Waals surface area contributed by atoms with E-state index in [9.17, 15) is 4.79 Å². The van der Waals surface area contributed by atoms with Crippen LogP contribution in [0.4, 0.5) is 10.5 Å². The van der Waals surface area contributed by atoms with Crippen molar-refractivity contribution in [1.82, 2.24) is 0 Å². The molecule has 0 atom stereocenters. The smallest absolute Gasteiger partial charge is 0.311 e. The molecule has 0 radical (unpaired) electrons. The van der Waals surface area contributed by atoms with Gasteiger partial charge in [0, 0.05) is 0 Å². The second-order valence-corrected chi connectivity index (χ2v) is 2.40. The average Bonchev–Trinajstić information content (AvgIpc) is 2.04. The fraction of sp³-hybridized carbons (Fsp3) is 0. The van der Waals surface area contributed by atoms with Crippen LogP contribution in [0, 0.1) is 11.3 Å². The molecule has 3 nitrogen and oxygen atoms in total. The highest BCUT2D eigenvalue weighted by Crippen LogP contribution is 2.13. The van der Waals surface area contributed by atoms with E-state index in [1.807, 2.05) is 6.07 Å². The van der Waals surface area contributed by atoms with Crippen molar-refractivity contribution in [1.29, 1.82) is 5.26 Å². The van der Waals surface area contributed by atoms with E-state index in [1.54, 1.807) is 24.3 Å². The maximum Gasteiger partial charge on any atom is 0.318 e. The molecule has 12 heavy (non-hydrogen) atoms. The molecule has 0 heterocycles. The molecular formula is C8H5ClN2O. The van der Waals surface area contributed by atoms with Gasteiger partial charge in [0.05, 0.1) is 11.3 Å². The Balaban J connectivity index is 2.99. The third-order valence-electron chi connectivity index (χ3n) is 1.28. The van der Waals surface area contributed by atoms with Gasteiger partial charge in [-0.3, -0.25) is 4.79 Å². The van der Waals surface area contributed by atoms with Crippen molar-refractivity contribution < 1.29 is 4.79 Å². The molecule has 60 valence electrons. The fourth-order valence-corrected chi connectivity index (χ4v) is 0.897. The molecule has 0 saturated heterocycles. The Labute approximate surface area is 74.6 Å². The Kier molecular flexibility index (Phi) is 2.67. The summed E-state index contributed by atoms with van der Waals surface area (Å²) in [5, 5.41) is 10.2. The van der Waals surface area contributed by atoms with Gasteiger partial charge >= 0.3 is 5.37 Å². The quantitative estimate of drug-likeness (QED) is 0.533. The van der Waals surface area contributed by atoms with Crippen LogP contribution < -0.4 is 5.32 Å². The van der Waals surface area contributed by atoms with Gasteiger partial charge in [0.1, 0.15) is 6.07 Å². The molecule has 0 aromatic heterocycles. The largest absolute Gasteiger partial charge is 0.318 e. The second kappa shape index (κ2) is 3.74. The van der Waals surface area contributed by atoms with Gasteiger partial charge in [-0.05, 0) is 23.7 Å². The third kappa shape index (κ3) is 1.97. The molecule has 1 amide bonds. The molecule has 0 spiro atoms. The molecule has 0 unspecified atom stereocenters. The second-order valence-electron chi connectivity index (χ2n) is 2.06. The topological polar surface area (TPSA) is 52.9 Å². The van der Waals surface area contributed by atoms with Crippen molar-refractivity contribution in [3.05, 3.63) is 29.8 Å². The van der Waals surface area contributed by atoms with Gasteiger partial charge < -0.3 is 5.32 Å². The van der Waals surface area contributed by atoms with E-state index in [0.29, 0.717) is 11.3 Å². The van der Waals surface area contributed by atoms with Crippen LogP contribution in [0.1, 0.15) is 5.56 Å². The van der Waals surface area contributed by atoms with Crippen LogP contribution in [-0.2, 0) is 0 Å². The lowest BCUT2D eigenvalue weighted by atomic mass is 10.2. The number of hydrogen-bond donors (Lipinski definition) is 1. The minimum Gasteiger partial charge on any atom is -0.311 e. The first-order chi connectivity index (χ1) is 5.74. The van der Waals surface area contributed by atoms with E-state index < -0.39 is 5.37 Å². The molecule has 0 aliphatic heterocycles. The Hall–Kier alpha value is -1.53. The highest BCUT2D eigenvalue weighted by atomic mass is 35.5. The van der Waals surface area contributed by atoms with Gasteiger partial charge in [-0.25, -0.2) is 0 Å². The van der Waals surface area contributed by atoms with Crippen molar-refractivity contribution in [2.45, 2.75) is 0 Å². The first-order valence-electron chi connectivity index (χ1n) is 3.19. The van der Waals surface area contributed by atoms with Gasteiger partial charge in [-0.15, -0.1) is 0 Å². The Morgan fingerprint density at radius 2 is 2.17 bits per heavy atom. The van der Waals surface area contributed by atoms with E-state index in [1.165, 1.54) is 0 Å². The molecule has 0 aliphatic carbocycles. The number of carbonyl (C=O) groups is 1. The van der Waals surface area contributed by atoms with Crippen LogP contribution in [0.3, 0.4) is 0 Å². The highest BCUT2D eigenvalue weighted by molar-refractivity contribution is 6.65. The Bertz CT molecular complexity index is 343. The van der Waals surface area contributed by atoms with Crippen LogP contribution in [-0.4, -0.2) is 5.37 Å². The molecule has 0 aliphatic rings. The number of carbonyl (C=O) groups excluding carboxylic acids is 1. The van der Waals surface area contributed by atoms with E-state index in [-0.39, 0.29) is 0 Å². The summed E-state index contributed by atoms with van der Waals surface area (Å²) in [7, 11) is 0. The molecule has 1 rings (SSSR count). The van der Waals surface area contributed by atoms with Crippen LogP contribution in [0.25, 0.3) is 0 Å². The zero-order valence-electron chi connectivity index (χ0n) is 6.04. The summed E-state index contributed by atoms with van der Waals surface area (Å²) >= 11 is 5.08. The van der Waals surface area contributed by atoms with Crippen molar-refractivity contribution in [3.63, 3.8) is 0 Å². The first-order valence-corrected chi connectivity index (χ1v) is 3.57. The van der Waals surface area contributed by atoms with Crippen LogP contribution in [0.5, 0.6) is 0 Å². The van der Waals surface area contributed by atoms with E-state index >= 15 is 0 Å². The number of anilines is 1. The summed E-state index contributed by atoms with van der Waals surface area (Å²) in [6.45, 7) is 0. The lowest BCUT2D eigenvalue weighted by Gasteiger charge is -2.00. The summed E-state index contributed by atoms with van der Waals surface area (Å²) in [6, 6.07) is 8.56. The van der Waals surface area contributed by atoms with Gasteiger partial charge in [-0.2, -0.15) is 5.26 Å². The molecule has 1 aromatic carbocycles. The summed E-state index contributed by atoms with van der Waals surface area (Å²) < 4.78 is 0.